The van der Waals surface area contributed by atoms with Gasteiger partial charge in [0.2, 0.25) is 0 Å². The van der Waals surface area contributed by atoms with Crippen LogP contribution in [0.1, 0.15) is 12.8 Å². The molecule has 1 atom stereocenters. The summed E-state index contributed by atoms with van der Waals surface area (Å²) >= 11 is 0. The molecule has 1 aliphatic heterocycles. The smallest absolute Gasteiger partial charge is 0.150 e. The van der Waals surface area contributed by atoms with E-state index < -0.39 is 9.84 Å². The maximum atomic E-state index is 11.6. The van der Waals surface area contributed by atoms with Gasteiger partial charge in [-0.05, 0) is 47.9 Å². The lowest BCUT2D eigenvalue weighted by Gasteiger charge is -2.15. The highest BCUT2D eigenvalue weighted by Crippen LogP contribution is 2.38. The van der Waals surface area contributed by atoms with Crippen molar-refractivity contribution in [1.82, 2.24) is 4.98 Å². The lowest BCUT2D eigenvalue weighted by molar-refractivity contribution is 0.288. The zero-order chi connectivity index (χ0) is 19.6. The van der Waals surface area contributed by atoms with E-state index in [0.29, 0.717) is 12.4 Å². The number of hydrogen-bond donors (Lipinski definition) is 0. The summed E-state index contributed by atoms with van der Waals surface area (Å²) in [6.45, 7) is 0.516. The summed E-state index contributed by atoms with van der Waals surface area (Å²) in [4.78, 5) is 4.14. The Morgan fingerprint density at radius 1 is 1.04 bits per heavy atom. The molecule has 0 N–H and O–H groups in total. The molecule has 0 radical (unpaired) electrons. The third-order valence-corrected chi connectivity index (χ3v) is 7.13. The SMILES string of the molecule is COc1cnccc1-c1ccc(OCCC2CCS(=O)(=O)C2)c2ccccc12. The molecule has 5 nitrogen and oxygen atoms in total. The summed E-state index contributed by atoms with van der Waals surface area (Å²) in [6, 6.07) is 14.1. The van der Waals surface area contributed by atoms with E-state index in [-0.39, 0.29) is 11.7 Å². The van der Waals surface area contributed by atoms with Crippen molar-refractivity contribution in [2.24, 2.45) is 5.92 Å². The first-order chi connectivity index (χ1) is 13.6. The molecule has 1 saturated heterocycles. The molecule has 4 rings (SSSR count). The summed E-state index contributed by atoms with van der Waals surface area (Å²) < 4.78 is 34.8. The number of hydrogen-bond acceptors (Lipinski definition) is 5. The highest BCUT2D eigenvalue weighted by molar-refractivity contribution is 7.91. The molecule has 28 heavy (non-hydrogen) atoms. The average Bonchev–Trinajstić information content (AvgIpc) is 3.06. The Balaban J connectivity index is 1.59. The minimum absolute atomic E-state index is 0.205. The molecule has 0 amide bonds. The first kappa shape index (κ1) is 18.7. The minimum Gasteiger partial charge on any atom is -0.494 e. The van der Waals surface area contributed by atoms with E-state index in [4.69, 9.17) is 9.47 Å². The van der Waals surface area contributed by atoms with Crippen LogP contribution in [0.4, 0.5) is 0 Å². The summed E-state index contributed by atoms with van der Waals surface area (Å²) in [5, 5.41) is 2.10. The van der Waals surface area contributed by atoms with Crippen LogP contribution in [0.2, 0.25) is 0 Å². The fraction of sp³-hybridized carbons (Fsp3) is 0.318. The van der Waals surface area contributed by atoms with Crippen molar-refractivity contribution in [2.45, 2.75) is 12.8 Å². The average molecular weight is 397 g/mol. The number of sulfone groups is 1. The van der Waals surface area contributed by atoms with E-state index in [1.807, 2.05) is 36.4 Å². The van der Waals surface area contributed by atoms with Gasteiger partial charge in [0.05, 0.1) is 31.4 Å². The van der Waals surface area contributed by atoms with E-state index in [0.717, 1.165) is 46.2 Å². The molecule has 1 unspecified atom stereocenters. The van der Waals surface area contributed by atoms with Gasteiger partial charge in [-0.2, -0.15) is 0 Å². The number of ether oxygens (including phenoxy) is 2. The number of pyridine rings is 1. The second-order valence-corrected chi connectivity index (χ2v) is 9.37. The molecule has 6 heteroatoms. The van der Waals surface area contributed by atoms with Gasteiger partial charge in [-0.15, -0.1) is 0 Å². The largest absolute Gasteiger partial charge is 0.494 e. The van der Waals surface area contributed by atoms with Crippen molar-refractivity contribution in [3.05, 3.63) is 54.9 Å². The molecule has 1 aromatic heterocycles. The zero-order valence-electron chi connectivity index (χ0n) is 15.8. The molecule has 0 aliphatic carbocycles. The highest BCUT2D eigenvalue weighted by atomic mass is 32.2. The van der Waals surface area contributed by atoms with Crippen molar-refractivity contribution in [3.63, 3.8) is 0 Å². The quantitative estimate of drug-likeness (QED) is 0.626. The van der Waals surface area contributed by atoms with Crippen LogP contribution in [0.5, 0.6) is 11.5 Å². The van der Waals surface area contributed by atoms with Crippen molar-refractivity contribution in [1.29, 1.82) is 0 Å². The molecule has 3 aromatic rings. The van der Waals surface area contributed by atoms with Gasteiger partial charge in [-0.3, -0.25) is 4.98 Å². The van der Waals surface area contributed by atoms with Gasteiger partial charge in [0.1, 0.15) is 11.5 Å². The Morgan fingerprint density at radius 3 is 2.61 bits per heavy atom. The Bertz CT molecular complexity index is 1090. The molecule has 1 aliphatic rings. The molecule has 0 bridgehead atoms. The second kappa shape index (κ2) is 7.80. The first-order valence-electron chi connectivity index (χ1n) is 9.41. The van der Waals surface area contributed by atoms with Gasteiger partial charge < -0.3 is 9.47 Å². The maximum absolute atomic E-state index is 11.6. The van der Waals surface area contributed by atoms with Crippen LogP contribution in [0.3, 0.4) is 0 Å². The van der Waals surface area contributed by atoms with E-state index in [1.165, 1.54) is 0 Å². The highest BCUT2D eigenvalue weighted by Gasteiger charge is 2.27. The number of nitrogens with zero attached hydrogens (tertiary/aromatic N) is 1. The molecule has 0 spiro atoms. The molecule has 2 heterocycles. The summed E-state index contributed by atoms with van der Waals surface area (Å²) in [5.74, 6) is 2.34. The molecule has 2 aromatic carbocycles. The van der Waals surface area contributed by atoms with E-state index in [1.54, 1.807) is 19.5 Å². The van der Waals surface area contributed by atoms with Crippen LogP contribution >= 0.6 is 0 Å². The van der Waals surface area contributed by atoms with Crippen molar-refractivity contribution in [2.75, 3.05) is 25.2 Å². The van der Waals surface area contributed by atoms with E-state index in [2.05, 4.69) is 11.1 Å². The monoisotopic (exact) mass is 397 g/mol. The molecule has 1 fully saturated rings. The lowest BCUT2D eigenvalue weighted by atomic mass is 9.98. The first-order valence-corrected chi connectivity index (χ1v) is 11.2. The molecule has 0 saturated carbocycles. The van der Waals surface area contributed by atoms with Crippen LogP contribution in [0.15, 0.2) is 54.9 Å². The van der Waals surface area contributed by atoms with Gasteiger partial charge in [0.15, 0.2) is 9.84 Å². The van der Waals surface area contributed by atoms with Crippen LogP contribution in [0.25, 0.3) is 21.9 Å². The third kappa shape index (κ3) is 3.83. The predicted molar refractivity (Wildman–Crippen MR) is 111 cm³/mol. The minimum atomic E-state index is -2.84. The number of methoxy groups -OCH3 is 1. The molecular weight excluding hydrogens is 374 g/mol. The van der Waals surface area contributed by atoms with Crippen LogP contribution in [-0.2, 0) is 9.84 Å². The van der Waals surface area contributed by atoms with Gasteiger partial charge in [-0.25, -0.2) is 8.42 Å². The summed E-state index contributed by atoms with van der Waals surface area (Å²) in [6.07, 6.45) is 4.97. The fourth-order valence-electron chi connectivity index (χ4n) is 3.83. The van der Waals surface area contributed by atoms with Crippen LogP contribution in [-0.4, -0.2) is 38.6 Å². The number of fused-ring (bicyclic) bond motifs is 1. The Hall–Kier alpha value is -2.60. The van der Waals surface area contributed by atoms with Gasteiger partial charge in [-0.1, -0.05) is 24.3 Å². The van der Waals surface area contributed by atoms with Gasteiger partial charge in [0, 0.05) is 17.1 Å². The van der Waals surface area contributed by atoms with Gasteiger partial charge in [0.25, 0.3) is 0 Å². The van der Waals surface area contributed by atoms with Crippen LogP contribution in [0, 0.1) is 5.92 Å². The number of benzene rings is 2. The fourth-order valence-corrected chi connectivity index (χ4v) is 5.74. The lowest BCUT2D eigenvalue weighted by Crippen LogP contribution is -2.09. The Labute approximate surface area is 165 Å². The zero-order valence-corrected chi connectivity index (χ0v) is 16.6. The molecular formula is C22H23NO4S. The number of rotatable bonds is 6. The van der Waals surface area contributed by atoms with Crippen molar-refractivity contribution < 1.29 is 17.9 Å². The standard InChI is InChI=1S/C22H23NO4S/c1-26-22-14-23-11-8-20(22)18-6-7-21(19-5-3-2-4-17(18)19)27-12-9-16-10-13-28(24,25)15-16/h2-8,11,14,16H,9-10,12-13,15H2,1H3. The molecule has 146 valence electrons. The number of aromatic nitrogens is 1. The normalized spacial score (nSPS) is 18.2. The second-order valence-electron chi connectivity index (χ2n) is 7.14. The van der Waals surface area contributed by atoms with Gasteiger partial charge >= 0.3 is 0 Å². The Kier molecular flexibility index (Phi) is 5.22. The van der Waals surface area contributed by atoms with E-state index in [9.17, 15) is 8.42 Å². The Morgan fingerprint density at radius 2 is 1.86 bits per heavy atom. The van der Waals surface area contributed by atoms with Crippen molar-refractivity contribution >= 4 is 20.6 Å². The van der Waals surface area contributed by atoms with E-state index >= 15 is 0 Å². The predicted octanol–water partition coefficient (Wildman–Crippen LogP) is 4.11. The van der Waals surface area contributed by atoms with Crippen molar-refractivity contribution in [3.8, 4) is 22.6 Å². The van der Waals surface area contributed by atoms with Crippen LogP contribution < -0.4 is 9.47 Å². The third-order valence-electron chi connectivity index (χ3n) is 5.29. The summed E-state index contributed by atoms with van der Waals surface area (Å²) in [5.41, 5.74) is 2.04. The summed E-state index contributed by atoms with van der Waals surface area (Å²) in [7, 11) is -1.20. The maximum Gasteiger partial charge on any atom is 0.150 e. The topological polar surface area (TPSA) is 65.5 Å².